The summed E-state index contributed by atoms with van der Waals surface area (Å²) in [4.78, 5) is 6.58. The van der Waals surface area contributed by atoms with Crippen LogP contribution in [0, 0.1) is 0 Å². The highest BCUT2D eigenvalue weighted by molar-refractivity contribution is 6.31. The van der Waals surface area contributed by atoms with Crippen molar-refractivity contribution in [2.45, 2.75) is 26.4 Å². The highest BCUT2D eigenvalue weighted by Gasteiger charge is 2.07. The summed E-state index contributed by atoms with van der Waals surface area (Å²) >= 11 is 6.12. The summed E-state index contributed by atoms with van der Waals surface area (Å²) in [7, 11) is 1.98. The minimum Gasteiger partial charge on any atom is -0.356 e. The van der Waals surface area contributed by atoms with Gasteiger partial charge in [-0.2, -0.15) is 0 Å². The van der Waals surface area contributed by atoms with E-state index in [1.165, 1.54) is 0 Å². The van der Waals surface area contributed by atoms with E-state index in [9.17, 15) is 0 Å². The summed E-state index contributed by atoms with van der Waals surface area (Å²) < 4.78 is 0. The van der Waals surface area contributed by atoms with Crippen molar-refractivity contribution in [1.29, 1.82) is 0 Å². The molecule has 0 radical (unpaired) electrons. The van der Waals surface area contributed by atoms with Crippen LogP contribution < -0.4 is 10.2 Å². The minimum absolute atomic E-state index is 0.419. The van der Waals surface area contributed by atoms with Gasteiger partial charge in [-0.05, 0) is 12.1 Å². The van der Waals surface area contributed by atoms with E-state index in [1.54, 1.807) is 0 Å². The smallest absolute Gasteiger partial charge is 0.128 e. The molecule has 4 heteroatoms. The number of likely N-dealkylation sites (N-methyl/N-ethyl adjacent to an activating group) is 1. The highest BCUT2D eigenvalue weighted by atomic mass is 35.5. The molecule has 0 saturated heterocycles. The number of rotatable bonds is 6. The van der Waals surface area contributed by atoms with Crippen LogP contribution in [0.3, 0.4) is 0 Å². The maximum Gasteiger partial charge on any atom is 0.128 e. The number of pyridine rings is 1. The van der Waals surface area contributed by atoms with Gasteiger partial charge < -0.3 is 10.2 Å². The van der Waals surface area contributed by atoms with Gasteiger partial charge in [-0.15, -0.1) is 6.58 Å². The van der Waals surface area contributed by atoms with Crippen molar-refractivity contribution in [2.75, 3.05) is 18.5 Å². The molecular weight excluding hydrogens is 234 g/mol. The molecular formula is C13H20ClN3. The lowest BCUT2D eigenvalue weighted by molar-refractivity contribution is 0.581. The van der Waals surface area contributed by atoms with Gasteiger partial charge in [-0.25, -0.2) is 4.98 Å². The predicted octanol–water partition coefficient (Wildman–Crippen LogP) is 2.86. The molecule has 0 saturated carbocycles. The summed E-state index contributed by atoms with van der Waals surface area (Å²) in [5.41, 5.74) is 0.883. The van der Waals surface area contributed by atoms with Crippen molar-refractivity contribution in [2.24, 2.45) is 0 Å². The van der Waals surface area contributed by atoms with E-state index in [-0.39, 0.29) is 0 Å². The minimum atomic E-state index is 0.419. The van der Waals surface area contributed by atoms with Crippen molar-refractivity contribution in [3.63, 3.8) is 0 Å². The van der Waals surface area contributed by atoms with Crippen LogP contribution in [-0.2, 0) is 6.54 Å². The zero-order valence-electron chi connectivity index (χ0n) is 10.7. The van der Waals surface area contributed by atoms with Crippen LogP contribution in [-0.4, -0.2) is 24.6 Å². The van der Waals surface area contributed by atoms with Crippen molar-refractivity contribution in [3.05, 3.63) is 35.5 Å². The monoisotopic (exact) mass is 253 g/mol. The highest BCUT2D eigenvalue weighted by Crippen LogP contribution is 2.18. The molecule has 0 spiro atoms. The Hall–Kier alpha value is -1.06. The maximum atomic E-state index is 6.12. The summed E-state index contributed by atoms with van der Waals surface area (Å²) in [6, 6.07) is 4.23. The first-order valence-corrected chi connectivity index (χ1v) is 6.13. The number of halogens is 1. The number of nitrogens with zero attached hydrogens (tertiary/aromatic N) is 2. The third kappa shape index (κ3) is 4.36. The predicted molar refractivity (Wildman–Crippen MR) is 74.7 cm³/mol. The van der Waals surface area contributed by atoms with Gasteiger partial charge in [-0.1, -0.05) is 31.5 Å². The molecule has 0 fully saturated rings. The van der Waals surface area contributed by atoms with E-state index in [0.29, 0.717) is 17.6 Å². The molecule has 0 unspecified atom stereocenters. The molecule has 0 bridgehead atoms. The Balaban J connectivity index is 2.82. The first-order chi connectivity index (χ1) is 8.04. The van der Waals surface area contributed by atoms with Crippen LogP contribution in [0.2, 0.25) is 5.02 Å². The van der Waals surface area contributed by atoms with Gasteiger partial charge in [0.05, 0.1) is 10.7 Å². The van der Waals surface area contributed by atoms with Gasteiger partial charge in [0, 0.05) is 26.2 Å². The van der Waals surface area contributed by atoms with Crippen LogP contribution in [0.4, 0.5) is 5.82 Å². The fourth-order valence-electron chi connectivity index (χ4n) is 1.40. The zero-order valence-corrected chi connectivity index (χ0v) is 11.5. The summed E-state index contributed by atoms with van der Waals surface area (Å²) in [6.07, 6.45) is 1.85. The lowest BCUT2D eigenvalue weighted by Crippen LogP contribution is -2.24. The second kappa shape index (κ2) is 6.62. The zero-order chi connectivity index (χ0) is 12.8. The van der Waals surface area contributed by atoms with E-state index in [4.69, 9.17) is 11.6 Å². The summed E-state index contributed by atoms with van der Waals surface area (Å²) in [5.74, 6) is 0.912. The molecule has 0 amide bonds. The van der Waals surface area contributed by atoms with Crippen molar-refractivity contribution < 1.29 is 0 Å². The number of hydrogen-bond acceptors (Lipinski definition) is 3. The summed E-state index contributed by atoms with van der Waals surface area (Å²) in [5, 5.41) is 4.02. The third-order valence-corrected chi connectivity index (χ3v) is 2.72. The van der Waals surface area contributed by atoms with E-state index < -0.39 is 0 Å². The van der Waals surface area contributed by atoms with Crippen molar-refractivity contribution in [1.82, 2.24) is 10.3 Å². The fraction of sp³-hybridized carbons (Fsp3) is 0.462. The number of hydrogen-bond donors (Lipinski definition) is 1. The molecule has 0 aliphatic carbocycles. The number of nitrogens with one attached hydrogen (secondary N) is 1. The molecule has 1 aromatic rings. The summed E-state index contributed by atoms with van der Waals surface area (Å²) in [6.45, 7) is 9.37. The standard InChI is InChI=1S/C13H20ClN3/c1-5-8-17(4)13-7-6-11(14)12(16-13)9-15-10(2)3/h5-7,10,15H,1,8-9H2,2-4H3. The Morgan fingerprint density at radius 1 is 1.53 bits per heavy atom. The molecule has 1 N–H and O–H groups in total. The maximum absolute atomic E-state index is 6.12. The second-order valence-electron chi connectivity index (χ2n) is 4.30. The Labute approximate surface area is 108 Å². The first kappa shape index (κ1) is 14.0. The molecule has 1 aromatic heterocycles. The quantitative estimate of drug-likeness (QED) is 0.791. The molecule has 1 heterocycles. The molecule has 94 valence electrons. The molecule has 0 aromatic carbocycles. The Morgan fingerprint density at radius 3 is 2.82 bits per heavy atom. The van der Waals surface area contributed by atoms with Crippen LogP contribution >= 0.6 is 11.6 Å². The fourth-order valence-corrected chi connectivity index (χ4v) is 1.57. The van der Waals surface area contributed by atoms with Crippen LogP contribution in [0.5, 0.6) is 0 Å². The van der Waals surface area contributed by atoms with Gasteiger partial charge >= 0.3 is 0 Å². The van der Waals surface area contributed by atoms with Gasteiger partial charge in [0.15, 0.2) is 0 Å². The molecule has 1 rings (SSSR count). The molecule has 0 atom stereocenters. The van der Waals surface area contributed by atoms with Crippen LogP contribution in [0.1, 0.15) is 19.5 Å². The van der Waals surface area contributed by atoms with Gasteiger partial charge in [0.1, 0.15) is 5.82 Å². The van der Waals surface area contributed by atoms with E-state index in [2.05, 4.69) is 30.7 Å². The first-order valence-electron chi connectivity index (χ1n) is 5.75. The van der Waals surface area contributed by atoms with Crippen molar-refractivity contribution >= 4 is 17.4 Å². The number of aromatic nitrogens is 1. The van der Waals surface area contributed by atoms with Crippen molar-refractivity contribution in [3.8, 4) is 0 Å². The third-order valence-electron chi connectivity index (χ3n) is 2.38. The van der Waals surface area contributed by atoms with Gasteiger partial charge in [0.2, 0.25) is 0 Å². The average Bonchev–Trinajstić information content (AvgIpc) is 2.28. The molecule has 0 aliphatic heterocycles. The molecule has 0 aliphatic rings. The Bertz CT molecular complexity index is 377. The largest absolute Gasteiger partial charge is 0.356 e. The Kier molecular flexibility index (Phi) is 5.45. The lowest BCUT2D eigenvalue weighted by Gasteiger charge is -2.17. The van der Waals surface area contributed by atoms with Gasteiger partial charge in [-0.3, -0.25) is 0 Å². The van der Waals surface area contributed by atoms with E-state index >= 15 is 0 Å². The normalized spacial score (nSPS) is 10.6. The topological polar surface area (TPSA) is 28.2 Å². The second-order valence-corrected chi connectivity index (χ2v) is 4.71. The van der Waals surface area contributed by atoms with Gasteiger partial charge in [0.25, 0.3) is 0 Å². The van der Waals surface area contributed by atoms with E-state index in [1.807, 2.05) is 30.2 Å². The SMILES string of the molecule is C=CCN(C)c1ccc(Cl)c(CNC(C)C)n1. The van der Waals surface area contributed by atoms with E-state index in [0.717, 1.165) is 18.1 Å². The Morgan fingerprint density at radius 2 is 2.24 bits per heavy atom. The van der Waals surface area contributed by atoms with Crippen LogP contribution in [0.15, 0.2) is 24.8 Å². The van der Waals surface area contributed by atoms with Crippen LogP contribution in [0.25, 0.3) is 0 Å². The lowest BCUT2D eigenvalue weighted by atomic mass is 10.3. The number of anilines is 1. The average molecular weight is 254 g/mol. The molecule has 17 heavy (non-hydrogen) atoms. The molecule has 3 nitrogen and oxygen atoms in total.